The molecule has 0 amide bonds. The smallest absolute Gasteiger partial charge is 0.191 e. The number of ether oxygens (including phenoxy) is 2. The van der Waals surface area contributed by atoms with Gasteiger partial charge in [0.25, 0.3) is 0 Å². The second-order valence-corrected chi connectivity index (χ2v) is 6.20. The van der Waals surface area contributed by atoms with Gasteiger partial charge in [-0.05, 0) is 24.5 Å². The van der Waals surface area contributed by atoms with Crippen molar-refractivity contribution in [3.8, 4) is 0 Å². The molecule has 142 valence electrons. The van der Waals surface area contributed by atoms with Crippen molar-refractivity contribution in [1.82, 2.24) is 10.6 Å². The molecule has 1 atom stereocenters. The minimum absolute atomic E-state index is 0.318. The summed E-state index contributed by atoms with van der Waals surface area (Å²) < 4.78 is 10.4. The second kappa shape index (κ2) is 13.5. The van der Waals surface area contributed by atoms with Gasteiger partial charge in [-0.15, -0.1) is 0 Å². The second-order valence-electron chi connectivity index (χ2n) is 6.20. The van der Waals surface area contributed by atoms with E-state index in [4.69, 9.17) is 9.47 Å². The third kappa shape index (κ3) is 9.94. The molecule has 1 rings (SSSR count). The molecular formula is C19H34N4O2. The number of guanidine groups is 1. The number of para-hydroxylation sites is 1. The molecular weight excluding hydrogens is 316 g/mol. The van der Waals surface area contributed by atoms with Crippen LogP contribution in [0.1, 0.15) is 20.3 Å². The van der Waals surface area contributed by atoms with Gasteiger partial charge in [0.05, 0.1) is 13.2 Å². The van der Waals surface area contributed by atoms with Crippen molar-refractivity contribution in [2.75, 3.05) is 52.4 Å². The van der Waals surface area contributed by atoms with Crippen LogP contribution in [0.25, 0.3) is 0 Å². The van der Waals surface area contributed by atoms with Gasteiger partial charge < -0.3 is 25.4 Å². The number of rotatable bonds is 12. The Bertz CT molecular complexity index is 466. The number of hydrogen-bond acceptors (Lipinski definition) is 4. The van der Waals surface area contributed by atoms with Crippen LogP contribution in [0.2, 0.25) is 0 Å². The summed E-state index contributed by atoms with van der Waals surface area (Å²) in [6.07, 6.45) is 0.931. The molecule has 0 bridgehead atoms. The van der Waals surface area contributed by atoms with E-state index in [2.05, 4.69) is 46.9 Å². The molecule has 0 saturated carbocycles. The van der Waals surface area contributed by atoms with Crippen LogP contribution in [0, 0.1) is 5.92 Å². The van der Waals surface area contributed by atoms with Crippen molar-refractivity contribution in [2.24, 2.45) is 10.9 Å². The van der Waals surface area contributed by atoms with Crippen molar-refractivity contribution in [2.45, 2.75) is 26.3 Å². The Morgan fingerprint density at radius 1 is 1.08 bits per heavy atom. The quantitative estimate of drug-likeness (QED) is 0.307. The first-order chi connectivity index (χ1) is 12.2. The van der Waals surface area contributed by atoms with E-state index in [0.29, 0.717) is 25.2 Å². The molecule has 0 aliphatic heterocycles. The van der Waals surface area contributed by atoms with E-state index >= 15 is 0 Å². The molecule has 1 aromatic carbocycles. The maximum atomic E-state index is 5.45. The summed E-state index contributed by atoms with van der Waals surface area (Å²) in [7, 11) is 3.47. The summed E-state index contributed by atoms with van der Waals surface area (Å²) in [5.41, 5.74) is 1.14. The maximum absolute atomic E-state index is 5.45. The molecule has 0 spiro atoms. The molecule has 6 nitrogen and oxygen atoms in total. The number of nitrogens with one attached hydrogen (secondary N) is 3. The number of anilines is 1. The lowest BCUT2D eigenvalue weighted by Crippen LogP contribution is -2.45. The predicted octanol–water partition coefficient (Wildman–Crippen LogP) is 2.34. The van der Waals surface area contributed by atoms with Crippen LogP contribution >= 0.6 is 0 Å². The van der Waals surface area contributed by atoms with E-state index in [1.165, 1.54) is 0 Å². The standard InChI is InChI=1S/C19H34N4O2/c1-16(2)18(23-17-9-6-5-7-10-17)15-22-19(20-3)21-11-8-12-25-14-13-24-4/h5-7,9-10,16,18,23H,8,11-15H2,1-4H3,(H2,20,21,22). The zero-order chi connectivity index (χ0) is 18.3. The van der Waals surface area contributed by atoms with Gasteiger partial charge >= 0.3 is 0 Å². The molecule has 25 heavy (non-hydrogen) atoms. The summed E-state index contributed by atoms with van der Waals surface area (Å²) in [6.45, 7) is 8.07. The van der Waals surface area contributed by atoms with E-state index < -0.39 is 0 Å². The molecule has 0 fully saturated rings. The third-order valence-electron chi connectivity index (χ3n) is 3.83. The topological polar surface area (TPSA) is 66.9 Å². The SMILES string of the molecule is CN=C(NCCCOCCOC)NCC(Nc1ccccc1)C(C)C. The zero-order valence-electron chi connectivity index (χ0n) is 16.0. The van der Waals surface area contributed by atoms with Crippen molar-refractivity contribution in [3.05, 3.63) is 30.3 Å². The first-order valence-electron chi connectivity index (χ1n) is 9.00. The van der Waals surface area contributed by atoms with Crippen LogP contribution in [-0.4, -0.2) is 59.1 Å². The van der Waals surface area contributed by atoms with Gasteiger partial charge in [-0.2, -0.15) is 0 Å². The van der Waals surface area contributed by atoms with Gasteiger partial charge in [0, 0.05) is 45.6 Å². The summed E-state index contributed by atoms with van der Waals surface area (Å²) in [5.74, 6) is 1.32. The average molecular weight is 351 g/mol. The normalized spacial score (nSPS) is 12.9. The van der Waals surface area contributed by atoms with Crippen molar-refractivity contribution < 1.29 is 9.47 Å². The van der Waals surface area contributed by atoms with Gasteiger partial charge in [0.15, 0.2) is 5.96 Å². The Kier molecular flexibility index (Phi) is 11.5. The van der Waals surface area contributed by atoms with Crippen molar-refractivity contribution in [1.29, 1.82) is 0 Å². The first kappa shape index (κ1) is 21.3. The fourth-order valence-electron chi connectivity index (χ4n) is 2.25. The maximum Gasteiger partial charge on any atom is 0.191 e. The molecule has 0 aromatic heterocycles. The fourth-order valence-corrected chi connectivity index (χ4v) is 2.25. The molecule has 0 radical (unpaired) electrons. The minimum atomic E-state index is 0.318. The van der Waals surface area contributed by atoms with Crippen LogP contribution in [0.3, 0.4) is 0 Å². The predicted molar refractivity (Wildman–Crippen MR) is 105 cm³/mol. The van der Waals surface area contributed by atoms with E-state index in [-0.39, 0.29) is 0 Å². The van der Waals surface area contributed by atoms with Gasteiger partial charge in [-0.25, -0.2) is 0 Å². The largest absolute Gasteiger partial charge is 0.382 e. The number of nitrogens with zero attached hydrogens (tertiary/aromatic N) is 1. The molecule has 0 aliphatic rings. The third-order valence-corrected chi connectivity index (χ3v) is 3.83. The Morgan fingerprint density at radius 2 is 1.84 bits per heavy atom. The minimum Gasteiger partial charge on any atom is -0.382 e. The molecule has 1 aromatic rings. The van der Waals surface area contributed by atoms with Gasteiger partial charge in [-0.3, -0.25) is 4.99 Å². The number of hydrogen-bond donors (Lipinski definition) is 3. The van der Waals surface area contributed by atoms with Crippen LogP contribution in [0.4, 0.5) is 5.69 Å². The van der Waals surface area contributed by atoms with Gasteiger partial charge in [0.1, 0.15) is 0 Å². The van der Waals surface area contributed by atoms with Crippen molar-refractivity contribution in [3.63, 3.8) is 0 Å². The molecule has 0 heterocycles. The monoisotopic (exact) mass is 350 g/mol. The highest BCUT2D eigenvalue weighted by Gasteiger charge is 2.13. The van der Waals surface area contributed by atoms with Gasteiger partial charge in [-0.1, -0.05) is 32.0 Å². The van der Waals surface area contributed by atoms with E-state index in [1.54, 1.807) is 14.2 Å². The van der Waals surface area contributed by atoms with Crippen LogP contribution in [0.15, 0.2) is 35.3 Å². The molecule has 3 N–H and O–H groups in total. The number of benzene rings is 1. The highest BCUT2D eigenvalue weighted by Crippen LogP contribution is 2.11. The fraction of sp³-hybridized carbons (Fsp3) is 0.632. The van der Waals surface area contributed by atoms with Crippen LogP contribution < -0.4 is 16.0 Å². The molecule has 6 heteroatoms. The average Bonchev–Trinajstić information content (AvgIpc) is 2.63. The lowest BCUT2D eigenvalue weighted by molar-refractivity contribution is 0.0698. The molecule has 0 saturated heterocycles. The highest BCUT2D eigenvalue weighted by molar-refractivity contribution is 5.79. The Balaban J connectivity index is 2.28. The number of aliphatic imine (C=N–C) groups is 1. The Hall–Kier alpha value is -1.79. The molecule has 0 aliphatic carbocycles. The van der Waals surface area contributed by atoms with E-state index in [1.807, 2.05) is 18.2 Å². The van der Waals surface area contributed by atoms with Crippen molar-refractivity contribution >= 4 is 11.6 Å². The summed E-state index contributed by atoms with van der Waals surface area (Å²) in [4.78, 5) is 4.28. The Morgan fingerprint density at radius 3 is 2.48 bits per heavy atom. The van der Waals surface area contributed by atoms with Gasteiger partial charge in [0.2, 0.25) is 0 Å². The van der Waals surface area contributed by atoms with E-state index in [9.17, 15) is 0 Å². The van der Waals surface area contributed by atoms with Crippen LogP contribution in [0.5, 0.6) is 0 Å². The number of methoxy groups -OCH3 is 1. The summed E-state index contributed by atoms with van der Waals surface area (Å²) in [5, 5.41) is 10.3. The van der Waals surface area contributed by atoms with E-state index in [0.717, 1.165) is 37.8 Å². The zero-order valence-corrected chi connectivity index (χ0v) is 16.0. The van der Waals surface area contributed by atoms with Crippen LogP contribution in [-0.2, 0) is 9.47 Å². The summed E-state index contributed by atoms with van der Waals surface area (Å²) >= 11 is 0. The Labute approximate surface area is 152 Å². The highest BCUT2D eigenvalue weighted by atomic mass is 16.5. The first-order valence-corrected chi connectivity index (χ1v) is 9.00. The lowest BCUT2D eigenvalue weighted by atomic mass is 10.0. The summed E-state index contributed by atoms with van der Waals surface area (Å²) in [6, 6.07) is 10.6. The lowest BCUT2D eigenvalue weighted by Gasteiger charge is -2.25. The molecule has 1 unspecified atom stereocenters.